The zero-order chi connectivity index (χ0) is 27.8. The van der Waals surface area contributed by atoms with E-state index < -0.39 is 22.7 Å². The van der Waals surface area contributed by atoms with Gasteiger partial charge < -0.3 is 23.7 Å². The molecule has 0 radical (unpaired) electrons. The molecule has 0 N–H and O–H groups in total. The van der Waals surface area contributed by atoms with Gasteiger partial charge in [0.15, 0.2) is 0 Å². The molecule has 39 heavy (non-hydrogen) atoms. The Morgan fingerprint density at radius 2 is 1.64 bits per heavy atom. The van der Waals surface area contributed by atoms with Crippen molar-refractivity contribution in [1.29, 1.82) is 0 Å². The van der Waals surface area contributed by atoms with E-state index in [0.717, 1.165) is 17.5 Å². The van der Waals surface area contributed by atoms with Gasteiger partial charge in [0.05, 0.1) is 19.6 Å². The normalized spacial score (nSPS) is 30.0. The largest absolute Gasteiger partial charge is 0.440 e. The van der Waals surface area contributed by atoms with Crippen molar-refractivity contribution in [2.24, 2.45) is 11.3 Å². The average Bonchev–Trinajstić information content (AvgIpc) is 2.95. The third-order valence-corrected chi connectivity index (χ3v) is 8.02. The van der Waals surface area contributed by atoms with Crippen LogP contribution in [0.2, 0.25) is 0 Å². The van der Waals surface area contributed by atoms with Gasteiger partial charge in [-0.1, -0.05) is 93.4 Å². The minimum absolute atomic E-state index is 0.0110. The van der Waals surface area contributed by atoms with Gasteiger partial charge in [-0.25, -0.2) is 0 Å². The van der Waals surface area contributed by atoms with Crippen LogP contribution in [0.15, 0.2) is 73.3 Å². The third-order valence-electron chi connectivity index (χ3n) is 8.02. The molecule has 4 unspecified atom stereocenters. The maximum atomic E-state index is 13.2. The fourth-order valence-corrected chi connectivity index (χ4v) is 5.92. The van der Waals surface area contributed by atoms with E-state index in [1.54, 1.807) is 0 Å². The van der Waals surface area contributed by atoms with Crippen LogP contribution in [0, 0.1) is 23.2 Å². The molecule has 1 aliphatic heterocycles. The number of rotatable bonds is 11. The predicted octanol–water partition coefficient (Wildman–Crippen LogP) is 6.20. The first-order valence-corrected chi connectivity index (χ1v) is 13.7. The van der Waals surface area contributed by atoms with Gasteiger partial charge in [0.2, 0.25) is 5.60 Å². The Balaban J connectivity index is 1.62. The second-order valence-corrected chi connectivity index (χ2v) is 10.6. The molecular weight excluding hydrogens is 492 g/mol. The molecule has 0 aromatic heterocycles. The van der Waals surface area contributed by atoms with Crippen molar-refractivity contribution >= 4 is 5.97 Å². The molecule has 2 aromatic rings. The first-order valence-electron chi connectivity index (χ1n) is 13.7. The van der Waals surface area contributed by atoms with E-state index in [0.29, 0.717) is 26.1 Å². The molecule has 1 heterocycles. The van der Waals surface area contributed by atoms with Gasteiger partial charge in [0.1, 0.15) is 25.3 Å². The molecule has 208 valence electrons. The molecule has 1 aliphatic carbocycles. The minimum atomic E-state index is -1.36. The van der Waals surface area contributed by atoms with Gasteiger partial charge in [0, 0.05) is 11.8 Å². The Morgan fingerprint density at radius 1 is 1.03 bits per heavy atom. The SMILES string of the molecule is C=CC1(C)CC(=O)OC2(C#CCC)C(OCOCc3ccccc3)C(C)CC[C@]12OCOCc1ccccc1. The van der Waals surface area contributed by atoms with Crippen LogP contribution in [0.4, 0.5) is 0 Å². The lowest BCUT2D eigenvalue weighted by molar-refractivity contribution is -0.322. The monoisotopic (exact) mass is 532 g/mol. The highest BCUT2D eigenvalue weighted by molar-refractivity contribution is 5.74. The Labute approximate surface area is 232 Å². The molecule has 2 aliphatic rings. The predicted molar refractivity (Wildman–Crippen MR) is 149 cm³/mol. The Morgan fingerprint density at radius 3 is 2.23 bits per heavy atom. The summed E-state index contributed by atoms with van der Waals surface area (Å²) >= 11 is 0. The summed E-state index contributed by atoms with van der Waals surface area (Å²) in [6.45, 7) is 11.0. The van der Waals surface area contributed by atoms with Crippen molar-refractivity contribution in [3.8, 4) is 11.8 Å². The maximum Gasteiger partial charge on any atom is 0.308 e. The van der Waals surface area contributed by atoms with E-state index in [1.165, 1.54) is 0 Å². The number of carbonyl (C=O) groups is 1. The van der Waals surface area contributed by atoms with Crippen LogP contribution in [0.5, 0.6) is 0 Å². The molecule has 1 saturated carbocycles. The molecule has 4 rings (SSSR count). The zero-order valence-corrected chi connectivity index (χ0v) is 23.3. The highest BCUT2D eigenvalue weighted by Crippen LogP contribution is 2.59. The van der Waals surface area contributed by atoms with E-state index >= 15 is 0 Å². The first-order chi connectivity index (χ1) is 18.9. The smallest absolute Gasteiger partial charge is 0.308 e. The highest BCUT2D eigenvalue weighted by atomic mass is 16.7. The van der Waals surface area contributed by atoms with Gasteiger partial charge in [-0.05, 0) is 35.8 Å². The lowest BCUT2D eigenvalue weighted by atomic mass is 9.53. The number of ether oxygens (including phenoxy) is 5. The van der Waals surface area contributed by atoms with Gasteiger partial charge >= 0.3 is 5.97 Å². The fraction of sp³-hybridized carbons (Fsp3) is 0.485. The maximum absolute atomic E-state index is 13.2. The Kier molecular flexibility index (Phi) is 9.63. The number of carbonyl (C=O) groups excluding carboxylic acids is 1. The van der Waals surface area contributed by atoms with Gasteiger partial charge in [0.25, 0.3) is 0 Å². The second-order valence-electron chi connectivity index (χ2n) is 10.6. The summed E-state index contributed by atoms with van der Waals surface area (Å²) in [4.78, 5) is 13.2. The summed E-state index contributed by atoms with van der Waals surface area (Å²) in [6, 6.07) is 19.9. The van der Waals surface area contributed by atoms with Crippen LogP contribution >= 0.6 is 0 Å². The lowest BCUT2D eigenvalue weighted by Gasteiger charge is -2.62. The summed E-state index contributed by atoms with van der Waals surface area (Å²) in [6.07, 6.45) is 3.37. The zero-order valence-electron chi connectivity index (χ0n) is 23.3. The van der Waals surface area contributed by atoms with E-state index in [9.17, 15) is 4.79 Å². The summed E-state index contributed by atoms with van der Waals surface area (Å²) in [5.41, 5.74) is -1.04. The highest BCUT2D eigenvalue weighted by Gasteiger charge is 2.72. The molecule has 5 atom stereocenters. The van der Waals surface area contributed by atoms with Gasteiger partial charge in [-0.3, -0.25) is 4.79 Å². The molecule has 0 amide bonds. The van der Waals surface area contributed by atoms with Gasteiger partial charge in [-0.2, -0.15) is 0 Å². The second kappa shape index (κ2) is 12.9. The molecule has 2 aromatic carbocycles. The quantitative estimate of drug-likeness (QED) is 0.113. The molecule has 6 nitrogen and oxygen atoms in total. The van der Waals surface area contributed by atoms with Crippen LogP contribution < -0.4 is 0 Å². The third kappa shape index (κ3) is 5.97. The lowest BCUT2D eigenvalue weighted by Crippen LogP contribution is -2.76. The molecule has 1 saturated heterocycles. The molecule has 2 fully saturated rings. The van der Waals surface area contributed by atoms with E-state index in [1.807, 2.05) is 80.6 Å². The molecule has 0 spiro atoms. The summed E-state index contributed by atoms with van der Waals surface area (Å²) in [5.74, 6) is 6.23. The van der Waals surface area contributed by atoms with E-state index in [4.69, 9.17) is 23.7 Å². The Bertz CT molecular complexity index is 1150. The average molecular weight is 533 g/mol. The number of hydrogen-bond donors (Lipinski definition) is 0. The summed E-state index contributed by atoms with van der Waals surface area (Å²) in [5, 5.41) is 0. The Hall–Kier alpha value is -2.95. The van der Waals surface area contributed by atoms with E-state index in [-0.39, 0.29) is 31.9 Å². The van der Waals surface area contributed by atoms with Crippen molar-refractivity contribution in [2.75, 3.05) is 13.6 Å². The summed E-state index contributed by atoms with van der Waals surface area (Å²) < 4.78 is 31.3. The van der Waals surface area contributed by atoms with Crippen LogP contribution in [-0.2, 0) is 41.7 Å². The van der Waals surface area contributed by atoms with Crippen molar-refractivity contribution in [3.63, 3.8) is 0 Å². The van der Waals surface area contributed by atoms with Crippen molar-refractivity contribution in [1.82, 2.24) is 0 Å². The van der Waals surface area contributed by atoms with Crippen molar-refractivity contribution in [2.45, 2.75) is 77.0 Å². The molecule has 6 heteroatoms. The number of hydrogen-bond acceptors (Lipinski definition) is 6. The summed E-state index contributed by atoms with van der Waals surface area (Å²) in [7, 11) is 0. The number of esters is 1. The molecular formula is C33H40O6. The van der Waals surface area contributed by atoms with Crippen LogP contribution in [-0.4, -0.2) is 36.9 Å². The van der Waals surface area contributed by atoms with Crippen molar-refractivity contribution < 1.29 is 28.5 Å². The molecule has 0 bridgehead atoms. The standard InChI is InChI=1S/C33H40O6/c1-5-7-19-32-30(37-24-35-22-27-14-10-8-11-15-27)26(3)18-20-33(32,31(4,6-2)21-29(34)39-32)38-25-36-23-28-16-12-9-13-17-28/h6,8-17,26,30H,2,5,18,20-25H2,1,3-4H3/t26?,30?,31?,32?,33-/m0/s1. The number of benzene rings is 2. The van der Waals surface area contributed by atoms with Gasteiger partial charge in [-0.15, -0.1) is 6.58 Å². The fourth-order valence-electron chi connectivity index (χ4n) is 5.92. The first kappa shape index (κ1) is 29.0. The van der Waals surface area contributed by atoms with Crippen molar-refractivity contribution in [3.05, 3.63) is 84.4 Å². The number of fused-ring (bicyclic) bond motifs is 1. The van der Waals surface area contributed by atoms with Crippen LogP contribution in [0.1, 0.15) is 57.6 Å². The van der Waals surface area contributed by atoms with Crippen LogP contribution in [0.25, 0.3) is 0 Å². The van der Waals surface area contributed by atoms with E-state index in [2.05, 4.69) is 25.3 Å². The topological polar surface area (TPSA) is 63.2 Å². The minimum Gasteiger partial charge on any atom is -0.440 e. The van der Waals surface area contributed by atoms with Crippen LogP contribution in [0.3, 0.4) is 0 Å².